The van der Waals surface area contributed by atoms with E-state index in [-0.39, 0.29) is 11.8 Å². The summed E-state index contributed by atoms with van der Waals surface area (Å²) >= 11 is 0. The Hall–Kier alpha value is -0.570. The summed E-state index contributed by atoms with van der Waals surface area (Å²) in [7, 11) is 0. The molecular weight excluding hydrogens is 130 g/mol. The number of hydrogen-bond acceptors (Lipinski definition) is 2. The van der Waals surface area contributed by atoms with Crippen LogP contribution in [0.4, 0.5) is 0 Å². The topological polar surface area (TPSA) is 29.5 Å². The second-order valence-electron chi connectivity index (χ2n) is 2.79. The van der Waals surface area contributed by atoms with Crippen molar-refractivity contribution in [2.75, 3.05) is 19.9 Å². The van der Waals surface area contributed by atoms with Crippen LogP contribution in [0.1, 0.15) is 13.8 Å². The first kappa shape index (κ1) is 7.54. The Balaban J connectivity index is 2.40. The minimum Gasteiger partial charge on any atom is -0.359 e. The van der Waals surface area contributed by atoms with E-state index >= 15 is 0 Å². The molecule has 0 bridgehead atoms. The minimum atomic E-state index is 0.0988. The summed E-state index contributed by atoms with van der Waals surface area (Å²) in [5.41, 5.74) is 0. The first-order valence-electron chi connectivity index (χ1n) is 3.58. The Morgan fingerprint density at radius 1 is 1.60 bits per heavy atom. The molecule has 1 aliphatic heterocycles. The highest BCUT2D eigenvalue weighted by Crippen LogP contribution is 2.05. The zero-order valence-electron chi connectivity index (χ0n) is 6.46. The predicted octanol–water partition coefficient (Wildman–Crippen LogP) is 0.459. The number of carbonyl (C=O) groups excluding carboxylic acids is 1. The van der Waals surface area contributed by atoms with E-state index in [1.807, 2.05) is 13.8 Å². The van der Waals surface area contributed by atoms with Gasteiger partial charge in [-0.25, -0.2) is 0 Å². The van der Waals surface area contributed by atoms with Crippen molar-refractivity contribution in [3.8, 4) is 0 Å². The molecule has 0 aromatic rings. The molecule has 0 aliphatic carbocycles. The third kappa shape index (κ3) is 1.48. The molecular formula is C7H13NO2. The summed E-state index contributed by atoms with van der Waals surface area (Å²) in [5, 5.41) is 0. The van der Waals surface area contributed by atoms with Gasteiger partial charge in [0.25, 0.3) is 0 Å². The van der Waals surface area contributed by atoms with Crippen molar-refractivity contribution in [1.29, 1.82) is 0 Å². The second-order valence-corrected chi connectivity index (χ2v) is 2.79. The van der Waals surface area contributed by atoms with Gasteiger partial charge in [-0.2, -0.15) is 0 Å². The van der Waals surface area contributed by atoms with Crippen LogP contribution in [0.5, 0.6) is 0 Å². The molecule has 0 unspecified atom stereocenters. The van der Waals surface area contributed by atoms with Gasteiger partial charge < -0.3 is 9.64 Å². The van der Waals surface area contributed by atoms with Crippen molar-refractivity contribution in [3.63, 3.8) is 0 Å². The number of amides is 1. The van der Waals surface area contributed by atoms with E-state index in [4.69, 9.17) is 4.74 Å². The van der Waals surface area contributed by atoms with E-state index in [2.05, 4.69) is 0 Å². The zero-order valence-corrected chi connectivity index (χ0v) is 6.46. The van der Waals surface area contributed by atoms with Gasteiger partial charge in [-0.05, 0) is 0 Å². The summed E-state index contributed by atoms with van der Waals surface area (Å²) in [6, 6.07) is 0. The Bertz CT molecular complexity index is 128. The smallest absolute Gasteiger partial charge is 0.227 e. The molecule has 0 spiro atoms. The van der Waals surface area contributed by atoms with Crippen LogP contribution in [0, 0.1) is 5.92 Å². The normalized spacial score (nSPS) is 18.5. The molecule has 1 saturated heterocycles. The largest absolute Gasteiger partial charge is 0.359 e. The molecule has 1 heterocycles. The fourth-order valence-electron chi connectivity index (χ4n) is 0.953. The van der Waals surface area contributed by atoms with Crippen LogP contribution in [0.15, 0.2) is 0 Å². The Kier molecular flexibility index (Phi) is 2.27. The quantitative estimate of drug-likeness (QED) is 0.533. The molecule has 1 rings (SSSR count). The third-order valence-electron chi connectivity index (χ3n) is 1.56. The van der Waals surface area contributed by atoms with Crippen LogP contribution in [-0.4, -0.2) is 30.7 Å². The molecule has 58 valence electrons. The van der Waals surface area contributed by atoms with Gasteiger partial charge in [0.2, 0.25) is 5.91 Å². The van der Waals surface area contributed by atoms with Gasteiger partial charge in [0, 0.05) is 12.5 Å². The van der Waals surface area contributed by atoms with Gasteiger partial charge >= 0.3 is 0 Å². The third-order valence-corrected chi connectivity index (χ3v) is 1.56. The summed E-state index contributed by atoms with van der Waals surface area (Å²) < 4.78 is 5.03. The fraction of sp³-hybridized carbons (Fsp3) is 0.857. The lowest BCUT2D eigenvalue weighted by molar-refractivity contribution is -0.134. The van der Waals surface area contributed by atoms with Crippen LogP contribution in [0.3, 0.4) is 0 Å². The molecule has 0 radical (unpaired) electrons. The number of carbonyl (C=O) groups is 1. The Morgan fingerprint density at radius 2 is 2.30 bits per heavy atom. The molecule has 0 aromatic heterocycles. The lowest BCUT2D eigenvalue weighted by atomic mass is 10.2. The van der Waals surface area contributed by atoms with Gasteiger partial charge in [-0.3, -0.25) is 4.79 Å². The van der Waals surface area contributed by atoms with Crippen molar-refractivity contribution < 1.29 is 9.53 Å². The standard InChI is InChI=1S/C7H13NO2/c1-6(2)7(9)8-3-4-10-5-8/h6H,3-5H2,1-2H3. The molecule has 1 amide bonds. The average Bonchev–Trinajstić information content (AvgIpc) is 2.36. The van der Waals surface area contributed by atoms with Gasteiger partial charge in [0.1, 0.15) is 6.73 Å². The molecule has 0 N–H and O–H groups in total. The van der Waals surface area contributed by atoms with Crippen molar-refractivity contribution in [2.45, 2.75) is 13.8 Å². The Morgan fingerprint density at radius 3 is 2.70 bits per heavy atom. The lowest BCUT2D eigenvalue weighted by Gasteiger charge is -2.15. The molecule has 10 heavy (non-hydrogen) atoms. The van der Waals surface area contributed by atoms with E-state index in [0.29, 0.717) is 13.3 Å². The zero-order chi connectivity index (χ0) is 7.56. The van der Waals surface area contributed by atoms with Gasteiger partial charge in [0.05, 0.1) is 6.61 Å². The Labute approximate surface area is 61.0 Å². The fourth-order valence-corrected chi connectivity index (χ4v) is 0.953. The van der Waals surface area contributed by atoms with E-state index in [1.165, 1.54) is 0 Å². The van der Waals surface area contributed by atoms with Gasteiger partial charge in [0.15, 0.2) is 0 Å². The van der Waals surface area contributed by atoms with Gasteiger partial charge in [-0.1, -0.05) is 13.8 Å². The van der Waals surface area contributed by atoms with Crippen molar-refractivity contribution in [2.24, 2.45) is 5.92 Å². The molecule has 3 heteroatoms. The minimum absolute atomic E-state index is 0.0988. The SMILES string of the molecule is CC(C)C(=O)N1CCOC1. The van der Waals surface area contributed by atoms with E-state index in [0.717, 1.165) is 6.54 Å². The molecule has 0 aromatic carbocycles. The van der Waals surface area contributed by atoms with Crippen molar-refractivity contribution in [3.05, 3.63) is 0 Å². The summed E-state index contributed by atoms with van der Waals surface area (Å²) in [5.74, 6) is 0.291. The summed E-state index contributed by atoms with van der Waals surface area (Å²) in [4.78, 5) is 12.9. The van der Waals surface area contributed by atoms with Crippen LogP contribution >= 0.6 is 0 Å². The summed E-state index contributed by atoms with van der Waals surface area (Å²) in [6.07, 6.45) is 0. The molecule has 0 saturated carbocycles. The van der Waals surface area contributed by atoms with Crippen LogP contribution < -0.4 is 0 Å². The van der Waals surface area contributed by atoms with E-state index in [9.17, 15) is 4.79 Å². The van der Waals surface area contributed by atoms with Crippen LogP contribution in [0.2, 0.25) is 0 Å². The second kappa shape index (κ2) is 3.01. The molecule has 3 nitrogen and oxygen atoms in total. The molecule has 1 fully saturated rings. The first-order valence-corrected chi connectivity index (χ1v) is 3.58. The highest BCUT2D eigenvalue weighted by molar-refractivity contribution is 5.78. The predicted molar refractivity (Wildman–Crippen MR) is 37.4 cm³/mol. The molecule has 0 atom stereocenters. The van der Waals surface area contributed by atoms with Crippen LogP contribution in [0.25, 0.3) is 0 Å². The molecule has 1 aliphatic rings. The maximum Gasteiger partial charge on any atom is 0.227 e. The number of rotatable bonds is 1. The maximum absolute atomic E-state index is 11.2. The van der Waals surface area contributed by atoms with Crippen LogP contribution in [-0.2, 0) is 9.53 Å². The number of hydrogen-bond donors (Lipinski definition) is 0. The highest BCUT2D eigenvalue weighted by Gasteiger charge is 2.20. The lowest BCUT2D eigenvalue weighted by Crippen LogP contribution is -2.31. The van der Waals surface area contributed by atoms with Gasteiger partial charge in [-0.15, -0.1) is 0 Å². The monoisotopic (exact) mass is 143 g/mol. The number of ether oxygens (including phenoxy) is 1. The average molecular weight is 143 g/mol. The maximum atomic E-state index is 11.2. The number of nitrogens with zero attached hydrogens (tertiary/aromatic N) is 1. The van der Waals surface area contributed by atoms with E-state index in [1.54, 1.807) is 4.90 Å². The first-order chi connectivity index (χ1) is 4.72. The summed E-state index contributed by atoms with van der Waals surface area (Å²) in [6.45, 7) is 5.74. The highest BCUT2D eigenvalue weighted by atomic mass is 16.5. The van der Waals surface area contributed by atoms with Crippen molar-refractivity contribution in [1.82, 2.24) is 4.90 Å². The van der Waals surface area contributed by atoms with E-state index < -0.39 is 0 Å². The van der Waals surface area contributed by atoms with Crippen molar-refractivity contribution >= 4 is 5.91 Å².